The molecule has 36 heavy (non-hydrogen) atoms. The van der Waals surface area contributed by atoms with Crippen LogP contribution in [-0.4, -0.2) is 25.8 Å². The lowest BCUT2D eigenvalue weighted by Gasteiger charge is -2.22. The molecule has 3 rings (SSSR count). The summed E-state index contributed by atoms with van der Waals surface area (Å²) < 4.78 is 4.22. The van der Waals surface area contributed by atoms with Gasteiger partial charge in [0.1, 0.15) is 0 Å². The van der Waals surface area contributed by atoms with Crippen molar-refractivity contribution in [2.75, 3.05) is 0 Å². The topological polar surface area (TPSA) is 47.5 Å². The molecule has 0 atom stereocenters. The Hall–Kier alpha value is -2.95. The van der Waals surface area contributed by atoms with E-state index < -0.39 is 0 Å². The van der Waals surface area contributed by atoms with E-state index in [1.54, 1.807) is 0 Å². The van der Waals surface area contributed by atoms with E-state index in [0.29, 0.717) is 11.8 Å². The van der Waals surface area contributed by atoms with Crippen LogP contribution < -0.4 is 0 Å². The van der Waals surface area contributed by atoms with E-state index in [0.717, 1.165) is 22.8 Å². The highest BCUT2D eigenvalue weighted by Gasteiger charge is 2.23. The number of aromatic nitrogens is 3. The Balaban J connectivity index is 2.07. The molecule has 5 heteroatoms. The summed E-state index contributed by atoms with van der Waals surface area (Å²) in [5, 5.41) is 10.1. The van der Waals surface area contributed by atoms with Crippen LogP contribution in [0.2, 0.25) is 0 Å². The Morgan fingerprint density at radius 2 is 1.00 bits per heavy atom. The molecule has 0 aliphatic heterocycles. The summed E-state index contributed by atoms with van der Waals surface area (Å²) in [6.07, 6.45) is 0. The molecule has 0 radical (unpaired) electrons. The Labute approximate surface area is 218 Å². The fourth-order valence-corrected chi connectivity index (χ4v) is 4.36. The minimum Gasteiger partial charge on any atom is -0.245 e. The molecule has 0 unspecified atom stereocenters. The van der Waals surface area contributed by atoms with E-state index >= 15 is 0 Å². The lowest BCUT2D eigenvalue weighted by molar-refractivity contribution is 0.528. The maximum absolute atomic E-state index is 5.06. The molecule has 3 heterocycles. The van der Waals surface area contributed by atoms with E-state index in [9.17, 15) is 0 Å². The normalized spacial score (nSPS) is 13.8. The standard InChI is InChI=1S/C31H45N5/c1-20(2)26-16-18-28(30(7,8)9)35(26)33-22(5)24-14-13-15-25(32-24)23(6)34-36-27(21(3)4)17-19-29(36)31(10,11)12/h13-21H,1-12H3. The second kappa shape index (κ2) is 10.2. The lowest BCUT2D eigenvalue weighted by Crippen LogP contribution is -2.19. The highest BCUT2D eigenvalue weighted by atomic mass is 15.4. The molecule has 0 saturated heterocycles. The van der Waals surface area contributed by atoms with Gasteiger partial charge in [-0.3, -0.25) is 0 Å². The molecular weight excluding hydrogens is 442 g/mol. The van der Waals surface area contributed by atoms with Crippen LogP contribution in [0.5, 0.6) is 0 Å². The van der Waals surface area contributed by atoms with Crippen molar-refractivity contribution in [3.8, 4) is 0 Å². The molecule has 0 amide bonds. The summed E-state index contributed by atoms with van der Waals surface area (Å²) in [7, 11) is 0. The Morgan fingerprint density at radius 1 is 0.639 bits per heavy atom. The minimum absolute atomic E-state index is 0.00884. The van der Waals surface area contributed by atoms with Gasteiger partial charge in [-0.15, -0.1) is 0 Å². The van der Waals surface area contributed by atoms with Crippen molar-refractivity contribution >= 4 is 11.4 Å². The highest BCUT2D eigenvalue weighted by Crippen LogP contribution is 2.29. The first-order valence-electron chi connectivity index (χ1n) is 13.1. The third-order valence-corrected chi connectivity index (χ3v) is 6.48. The van der Waals surface area contributed by atoms with Crippen molar-refractivity contribution < 1.29 is 0 Å². The van der Waals surface area contributed by atoms with Gasteiger partial charge in [-0.25, -0.2) is 14.3 Å². The first kappa shape index (κ1) is 27.6. The smallest absolute Gasteiger partial charge is 0.0867 e. The van der Waals surface area contributed by atoms with E-state index in [4.69, 9.17) is 15.2 Å². The molecular formula is C31H45N5. The van der Waals surface area contributed by atoms with E-state index in [1.807, 2.05) is 32.0 Å². The summed E-state index contributed by atoms with van der Waals surface area (Å²) in [5.74, 6) is 0.750. The van der Waals surface area contributed by atoms with Crippen LogP contribution in [-0.2, 0) is 10.8 Å². The largest absolute Gasteiger partial charge is 0.245 e. The van der Waals surface area contributed by atoms with Gasteiger partial charge in [0.2, 0.25) is 0 Å². The van der Waals surface area contributed by atoms with E-state index in [-0.39, 0.29) is 10.8 Å². The molecule has 194 valence electrons. The second-order valence-corrected chi connectivity index (χ2v) is 12.5. The van der Waals surface area contributed by atoms with Crippen LogP contribution in [0.25, 0.3) is 0 Å². The first-order valence-corrected chi connectivity index (χ1v) is 13.1. The molecule has 0 N–H and O–H groups in total. The molecule has 0 fully saturated rings. The van der Waals surface area contributed by atoms with Crippen LogP contribution in [0.3, 0.4) is 0 Å². The quantitative estimate of drug-likeness (QED) is 0.324. The molecule has 0 aliphatic rings. The number of hydrogen-bond donors (Lipinski definition) is 0. The highest BCUT2D eigenvalue weighted by molar-refractivity contribution is 6.00. The molecule has 0 aromatic carbocycles. The number of hydrogen-bond acceptors (Lipinski definition) is 3. The number of pyridine rings is 1. The maximum atomic E-state index is 5.06. The van der Waals surface area contributed by atoms with Crippen LogP contribution in [0.1, 0.15) is 129 Å². The van der Waals surface area contributed by atoms with Crippen molar-refractivity contribution in [1.82, 2.24) is 14.3 Å². The predicted molar refractivity (Wildman–Crippen MR) is 154 cm³/mol. The average molecular weight is 488 g/mol. The van der Waals surface area contributed by atoms with Gasteiger partial charge >= 0.3 is 0 Å². The third-order valence-electron chi connectivity index (χ3n) is 6.48. The van der Waals surface area contributed by atoms with Gasteiger partial charge in [0, 0.05) is 33.6 Å². The summed E-state index contributed by atoms with van der Waals surface area (Å²) >= 11 is 0. The summed E-state index contributed by atoms with van der Waals surface area (Å²) in [6, 6.07) is 14.9. The fourth-order valence-electron chi connectivity index (χ4n) is 4.36. The summed E-state index contributed by atoms with van der Waals surface area (Å²) in [6.45, 7) is 26.3. The molecule has 0 bridgehead atoms. The van der Waals surface area contributed by atoms with Crippen molar-refractivity contribution in [2.45, 2.75) is 106 Å². The van der Waals surface area contributed by atoms with Gasteiger partial charge in [-0.05, 0) is 62.1 Å². The van der Waals surface area contributed by atoms with Crippen LogP contribution in [0.15, 0.2) is 52.7 Å². The van der Waals surface area contributed by atoms with E-state index in [1.165, 1.54) is 22.8 Å². The molecule has 0 aliphatic carbocycles. The summed E-state index contributed by atoms with van der Waals surface area (Å²) in [4.78, 5) is 4.98. The van der Waals surface area contributed by atoms with Gasteiger partial charge in [0.15, 0.2) is 0 Å². The zero-order valence-corrected chi connectivity index (χ0v) is 24.4. The van der Waals surface area contributed by atoms with Gasteiger partial charge in [0.05, 0.1) is 22.8 Å². The zero-order chi connectivity index (χ0) is 27.0. The number of nitrogens with zero attached hydrogens (tertiary/aromatic N) is 5. The average Bonchev–Trinajstić information content (AvgIpc) is 3.38. The van der Waals surface area contributed by atoms with Gasteiger partial charge in [0.25, 0.3) is 0 Å². The monoisotopic (exact) mass is 487 g/mol. The molecule has 5 nitrogen and oxygen atoms in total. The minimum atomic E-state index is -0.00884. The third kappa shape index (κ3) is 5.88. The molecule has 3 aromatic rings. The van der Waals surface area contributed by atoms with E-state index in [2.05, 4.69) is 103 Å². The first-order chi connectivity index (χ1) is 16.6. The van der Waals surface area contributed by atoms with Crippen LogP contribution >= 0.6 is 0 Å². The van der Waals surface area contributed by atoms with Gasteiger partial charge in [-0.2, -0.15) is 10.2 Å². The maximum Gasteiger partial charge on any atom is 0.0867 e. The Morgan fingerprint density at radius 3 is 1.31 bits per heavy atom. The zero-order valence-electron chi connectivity index (χ0n) is 24.4. The van der Waals surface area contributed by atoms with Gasteiger partial charge < -0.3 is 0 Å². The molecule has 0 saturated carbocycles. The number of rotatable bonds is 6. The summed E-state index contributed by atoms with van der Waals surface area (Å²) in [5.41, 5.74) is 8.27. The SMILES string of the molecule is CC(=Nn1c(C(C)C)ccc1C(C)(C)C)c1cccc(C(C)=Nn2c(C(C)C)ccc2C(C)(C)C)n1. The van der Waals surface area contributed by atoms with Gasteiger partial charge in [-0.1, -0.05) is 75.3 Å². The molecule has 0 spiro atoms. The van der Waals surface area contributed by atoms with Crippen LogP contribution in [0.4, 0.5) is 0 Å². The van der Waals surface area contributed by atoms with Crippen LogP contribution in [0, 0.1) is 0 Å². The Kier molecular flexibility index (Phi) is 7.83. The van der Waals surface area contributed by atoms with Crippen molar-refractivity contribution in [1.29, 1.82) is 0 Å². The predicted octanol–water partition coefficient (Wildman–Crippen LogP) is 8.07. The van der Waals surface area contributed by atoms with Crippen molar-refractivity contribution in [3.05, 3.63) is 76.6 Å². The lowest BCUT2D eigenvalue weighted by atomic mass is 9.92. The fraction of sp³-hybridized carbons (Fsp3) is 0.516. The molecule has 3 aromatic heterocycles. The second-order valence-electron chi connectivity index (χ2n) is 12.5. The van der Waals surface area contributed by atoms with Crippen molar-refractivity contribution in [3.63, 3.8) is 0 Å². The Bertz CT molecular complexity index is 1170. The van der Waals surface area contributed by atoms with Crippen molar-refractivity contribution in [2.24, 2.45) is 10.2 Å².